The van der Waals surface area contributed by atoms with Crippen molar-refractivity contribution in [2.75, 3.05) is 5.01 Å². The van der Waals surface area contributed by atoms with E-state index in [1.807, 2.05) is 48.5 Å². The molecule has 2 amide bonds. The van der Waals surface area contributed by atoms with Gasteiger partial charge >= 0.3 is 0 Å². The number of carbonyl (C=O) groups excluding carboxylic acids is 2. The first kappa shape index (κ1) is 15.9. The van der Waals surface area contributed by atoms with Crippen molar-refractivity contribution in [1.82, 2.24) is 5.48 Å². The minimum absolute atomic E-state index is 0.136. The molecule has 2 aromatic rings. The molecule has 0 bridgehead atoms. The second-order valence-corrected chi connectivity index (χ2v) is 5.29. The monoisotopic (exact) mass is 323 g/mol. The van der Waals surface area contributed by atoms with Gasteiger partial charge in [0.05, 0.1) is 12.3 Å². The number of rotatable bonds is 5. The Morgan fingerprint density at radius 1 is 1.04 bits per heavy atom. The first-order chi connectivity index (χ1) is 11.7. The molecule has 3 rings (SSSR count). The van der Waals surface area contributed by atoms with E-state index in [-0.39, 0.29) is 24.6 Å². The van der Waals surface area contributed by atoms with Crippen LogP contribution >= 0.6 is 0 Å². The van der Waals surface area contributed by atoms with Crippen molar-refractivity contribution in [2.24, 2.45) is 5.10 Å². The quantitative estimate of drug-likeness (QED) is 0.859. The van der Waals surface area contributed by atoms with E-state index in [2.05, 4.69) is 10.6 Å². The standard InChI is InChI=1S/C18H17N3O3/c22-17-12-11-16(19-21(17)15-9-5-2-6-10-15)18(23)20-24-13-14-7-3-1-4-8-14/h1-10H,11-13H2,(H,20,23). The summed E-state index contributed by atoms with van der Waals surface area (Å²) in [6.45, 7) is 0.265. The number of amides is 2. The van der Waals surface area contributed by atoms with Crippen LogP contribution in [-0.2, 0) is 21.0 Å². The summed E-state index contributed by atoms with van der Waals surface area (Å²) >= 11 is 0. The Bertz CT molecular complexity index is 745. The number of hydrogen-bond donors (Lipinski definition) is 1. The van der Waals surface area contributed by atoms with E-state index in [1.54, 1.807) is 12.1 Å². The molecule has 0 unspecified atom stereocenters. The Morgan fingerprint density at radius 2 is 1.71 bits per heavy atom. The third-order valence-corrected chi connectivity index (χ3v) is 3.54. The van der Waals surface area contributed by atoms with Gasteiger partial charge in [0.2, 0.25) is 5.91 Å². The minimum Gasteiger partial charge on any atom is -0.273 e. The van der Waals surface area contributed by atoms with Gasteiger partial charge in [-0.3, -0.25) is 14.4 Å². The van der Waals surface area contributed by atoms with Gasteiger partial charge in [0, 0.05) is 12.8 Å². The van der Waals surface area contributed by atoms with Gasteiger partial charge < -0.3 is 0 Å². The number of benzene rings is 2. The van der Waals surface area contributed by atoms with Crippen molar-refractivity contribution in [3.63, 3.8) is 0 Å². The van der Waals surface area contributed by atoms with E-state index in [4.69, 9.17) is 4.84 Å². The lowest BCUT2D eigenvalue weighted by molar-refractivity contribution is -0.127. The summed E-state index contributed by atoms with van der Waals surface area (Å²) in [7, 11) is 0. The average molecular weight is 323 g/mol. The molecule has 6 heteroatoms. The van der Waals surface area contributed by atoms with Crippen molar-refractivity contribution in [3.8, 4) is 0 Å². The molecule has 0 saturated heterocycles. The van der Waals surface area contributed by atoms with E-state index in [0.29, 0.717) is 12.1 Å². The molecule has 0 spiro atoms. The summed E-state index contributed by atoms with van der Waals surface area (Å²) in [6, 6.07) is 18.5. The second kappa shape index (κ2) is 7.52. The fraction of sp³-hybridized carbons (Fsp3) is 0.167. The highest BCUT2D eigenvalue weighted by atomic mass is 16.6. The number of carbonyl (C=O) groups is 2. The van der Waals surface area contributed by atoms with Crippen LogP contribution in [0.4, 0.5) is 5.69 Å². The SMILES string of the molecule is O=C(NOCc1ccccc1)C1=NN(c2ccccc2)C(=O)CC1. The number of para-hydroxylation sites is 1. The molecule has 0 atom stereocenters. The lowest BCUT2D eigenvalue weighted by atomic mass is 10.1. The summed E-state index contributed by atoms with van der Waals surface area (Å²) < 4.78 is 0. The summed E-state index contributed by atoms with van der Waals surface area (Å²) in [5.74, 6) is -0.567. The lowest BCUT2D eigenvalue weighted by Gasteiger charge is -2.22. The van der Waals surface area contributed by atoms with Crippen LogP contribution < -0.4 is 10.5 Å². The van der Waals surface area contributed by atoms with Crippen molar-refractivity contribution in [2.45, 2.75) is 19.4 Å². The van der Waals surface area contributed by atoms with Crippen LogP contribution in [0.25, 0.3) is 0 Å². The molecule has 1 N–H and O–H groups in total. The van der Waals surface area contributed by atoms with Gasteiger partial charge in [-0.25, -0.2) is 10.5 Å². The minimum atomic E-state index is -0.431. The predicted molar refractivity (Wildman–Crippen MR) is 90.0 cm³/mol. The summed E-state index contributed by atoms with van der Waals surface area (Å²) in [5, 5.41) is 5.43. The molecule has 1 aliphatic rings. The topological polar surface area (TPSA) is 71.0 Å². The Hall–Kier alpha value is -2.99. The maximum atomic E-state index is 12.2. The lowest BCUT2D eigenvalue weighted by Crippen LogP contribution is -2.39. The largest absolute Gasteiger partial charge is 0.291 e. The number of nitrogens with zero attached hydrogens (tertiary/aromatic N) is 2. The van der Waals surface area contributed by atoms with E-state index in [1.165, 1.54) is 5.01 Å². The van der Waals surface area contributed by atoms with Gasteiger partial charge in [0.15, 0.2) is 0 Å². The van der Waals surface area contributed by atoms with Crippen LogP contribution in [0.3, 0.4) is 0 Å². The van der Waals surface area contributed by atoms with Crippen LogP contribution in [0.2, 0.25) is 0 Å². The van der Waals surface area contributed by atoms with E-state index >= 15 is 0 Å². The fourth-order valence-corrected chi connectivity index (χ4v) is 2.31. The Morgan fingerprint density at radius 3 is 2.42 bits per heavy atom. The molecule has 0 aliphatic carbocycles. The number of hydrogen-bond acceptors (Lipinski definition) is 4. The van der Waals surface area contributed by atoms with Gasteiger partial charge in [-0.2, -0.15) is 5.10 Å². The smallest absolute Gasteiger partial charge is 0.273 e. The summed E-state index contributed by atoms with van der Waals surface area (Å²) in [5.41, 5.74) is 4.24. The van der Waals surface area contributed by atoms with E-state index in [0.717, 1.165) is 5.56 Å². The first-order valence-corrected chi connectivity index (χ1v) is 7.65. The van der Waals surface area contributed by atoms with Gasteiger partial charge in [-0.1, -0.05) is 48.5 Å². The van der Waals surface area contributed by atoms with Crippen LogP contribution in [0.5, 0.6) is 0 Å². The number of hydrazone groups is 1. The third kappa shape index (κ3) is 3.85. The number of anilines is 1. The van der Waals surface area contributed by atoms with Crippen molar-refractivity contribution in [1.29, 1.82) is 0 Å². The average Bonchev–Trinajstić information content (AvgIpc) is 2.63. The van der Waals surface area contributed by atoms with Crippen molar-refractivity contribution in [3.05, 3.63) is 66.2 Å². The van der Waals surface area contributed by atoms with Crippen LogP contribution in [0.15, 0.2) is 65.8 Å². The molecular formula is C18H17N3O3. The first-order valence-electron chi connectivity index (χ1n) is 7.65. The van der Waals surface area contributed by atoms with E-state index in [9.17, 15) is 9.59 Å². The molecule has 0 radical (unpaired) electrons. The maximum Gasteiger partial charge on any atom is 0.291 e. The van der Waals surface area contributed by atoms with Gasteiger partial charge in [-0.05, 0) is 17.7 Å². The van der Waals surface area contributed by atoms with Crippen molar-refractivity contribution >= 4 is 23.2 Å². The number of nitrogens with one attached hydrogen (secondary N) is 1. The molecule has 1 aliphatic heterocycles. The van der Waals surface area contributed by atoms with Gasteiger partial charge in [0.25, 0.3) is 5.91 Å². The molecule has 24 heavy (non-hydrogen) atoms. The molecule has 6 nitrogen and oxygen atoms in total. The Labute approximate surface area is 139 Å². The normalized spacial score (nSPS) is 14.2. The highest BCUT2D eigenvalue weighted by Gasteiger charge is 2.25. The molecule has 0 saturated carbocycles. The predicted octanol–water partition coefficient (Wildman–Crippen LogP) is 2.42. The Kier molecular flexibility index (Phi) is 4.98. The second-order valence-electron chi connectivity index (χ2n) is 5.29. The zero-order valence-corrected chi connectivity index (χ0v) is 13.0. The molecule has 1 heterocycles. The third-order valence-electron chi connectivity index (χ3n) is 3.54. The number of hydroxylamine groups is 1. The molecule has 122 valence electrons. The van der Waals surface area contributed by atoms with Crippen LogP contribution in [-0.4, -0.2) is 17.5 Å². The molecular weight excluding hydrogens is 306 g/mol. The van der Waals surface area contributed by atoms with Crippen LogP contribution in [0, 0.1) is 0 Å². The van der Waals surface area contributed by atoms with E-state index < -0.39 is 5.91 Å². The molecule has 2 aromatic carbocycles. The molecule has 0 fully saturated rings. The van der Waals surface area contributed by atoms with Gasteiger partial charge in [-0.15, -0.1) is 0 Å². The zero-order valence-electron chi connectivity index (χ0n) is 13.0. The molecule has 0 aromatic heterocycles. The highest BCUT2D eigenvalue weighted by Crippen LogP contribution is 2.19. The summed E-state index contributed by atoms with van der Waals surface area (Å²) in [6.07, 6.45) is 0.530. The Balaban J connectivity index is 1.62. The maximum absolute atomic E-state index is 12.2. The highest BCUT2D eigenvalue weighted by molar-refractivity contribution is 6.39. The fourth-order valence-electron chi connectivity index (χ4n) is 2.31. The van der Waals surface area contributed by atoms with Crippen LogP contribution in [0.1, 0.15) is 18.4 Å². The van der Waals surface area contributed by atoms with Crippen molar-refractivity contribution < 1.29 is 14.4 Å². The van der Waals surface area contributed by atoms with Gasteiger partial charge in [0.1, 0.15) is 5.71 Å². The summed E-state index contributed by atoms with van der Waals surface area (Å²) in [4.78, 5) is 29.4. The zero-order chi connectivity index (χ0) is 16.8.